The quantitative estimate of drug-likeness (QED) is 0.593. The molecule has 2 aliphatic heterocycles. The summed E-state index contributed by atoms with van der Waals surface area (Å²) in [7, 11) is 0. The molecule has 2 atom stereocenters. The van der Waals surface area contributed by atoms with E-state index in [1.54, 1.807) is 30.3 Å². The number of amides is 1. The van der Waals surface area contributed by atoms with Crippen LogP contribution >= 0.6 is 0 Å². The first-order valence-corrected chi connectivity index (χ1v) is 10.5. The molecule has 1 aromatic heterocycles. The number of amidine groups is 1. The summed E-state index contributed by atoms with van der Waals surface area (Å²) in [5.74, 6) is -3.02. The van der Waals surface area contributed by atoms with Crippen molar-refractivity contribution in [2.45, 2.75) is 32.7 Å². The molecule has 2 aliphatic rings. The van der Waals surface area contributed by atoms with Crippen molar-refractivity contribution in [3.05, 3.63) is 71.2 Å². The number of carbonyl (C=O) groups is 1. The largest absolute Gasteiger partial charge is 0.387 e. The molecule has 0 radical (unpaired) electrons. The third-order valence-corrected chi connectivity index (χ3v) is 6.62. The molecule has 0 aliphatic carbocycles. The Labute approximate surface area is 188 Å². The van der Waals surface area contributed by atoms with Gasteiger partial charge in [0.15, 0.2) is 17.5 Å². The number of hydrogen-bond donors (Lipinski definition) is 2. The first-order chi connectivity index (χ1) is 15.5. The molecule has 3 N–H and O–H groups in total. The first kappa shape index (κ1) is 21.2. The van der Waals surface area contributed by atoms with E-state index < -0.39 is 34.0 Å². The number of benzene rings is 2. The van der Waals surface area contributed by atoms with Crippen molar-refractivity contribution in [2.24, 2.45) is 22.1 Å². The van der Waals surface area contributed by atoms with Gasteiger partial charge in [0, 0.05) is 17.4 Å². The Hall–Kier alpha value is -3.62. The molecule has 5 rings (SSSR count). The van der Waals surface area contributed by atoms with Gasteiger partial charge in [0.1, 0.15) is 11.7 Å². The molecule has 0 saturated carbocycles. The van der Waals surface area contributed by atoms with Crippen molar-refractivity contribution in [1.82, 2.24) is 15.1 Å². The summed E-state index contributed by atoms with van der Waals surface area (Å²) in [5.41, 5.74) is 5.40. The molecule has 9 heteroatoms. The second kappa shape index (κ2) is 6.94. The number of aromatic nitrogens is 2. The number of nitrogens with two attached hydrogens (primary N) is 1. The molecular formula is C24H22F3N5O. The maximum Gasteiger partial charge on any atom is 0.227 e. The van der Waals surface area contributed by atoms with Crippen LogP contribution in [0.5, 0.6) is 0 Å². The van der Waals surface area contributed by atoms with E-state index in [4.69, 9.17) is 5.73 Å². The Balaban J connectivity index is 1.65. The maximum atomic E-state index is 14.3. The minimum Gasteiger partial charge on any atom is -0.387 e. The summed E-state index contributed by atoms with van der Waals surface area (Å²) < 4.78 is 43.9. The highest BCUT2D eigenvalue weighted by molar-refractivity contribution is 6.01. The van der Waals surface area contributed by atoms with Crippen LogP contribution < -0.4 is 11.1 Å². The van der Waals surface area contributed by atoms with Crippen LogP contribution in [0.3, 0.4) is 0 Å². The first-order valence-electron chi connectivity index (χ1n) is 10.5. The fourth-order valence-corrected chi connectivity index (χ4v) is 5.10. The Morgan fingerprint density at radius 1 is 1.09 bits per heavy atom. The molecule has 0 bridgehead atoms. The van der Waals surface area contributed by atoms with Crippen LogP contribution in [0.1, 0.15) is 32.0 Å². The number of aliphatic imine (C=N–C) groups is 1. The zero-order valence-electron chi connectivity index (χ0n) is 18.3. The summed E-state index contributed by atoms with van der Waals surface area (Å²) in [6.45, 7) is 5.52. The Bertz CT molecular complexity index is 1390. The highest BCUT2D eigenvalue weighted by Crippen LogP contribution is 2.45. The number of carbonyl (C=O) groups excluding carboxylic acids is 1. The Morgan fingerprint density at radius 2 is 1.79 bits per heavy atom. The number of fused-ring (bicyclic) bond motifs is 2. The monoisotopic (exact) mass is 453 g/mol. The van der Waals surface area contributed by atoms with E-state index in [-0.39, 0.29) is 18.2 Å². The molecule has 1 fully saturated rings. The third-order valence-electron chi connectivity index (χ3n) is 6.62. The highest BCUT2D eigenvalue weighted by atomic mass is 19.2. The lowest BCUT2D eigenvalue weighted by Gasteiger charge is -2.35. The van der Waals surface area contributed by atoms with Gasteiger partial charge in [-0.1, -0.05) is 32.0 Å². The van der Waals surface area contributed by atoms with Gasteiger partial charge in [-0.2, -0.15) is 5.10 Å². The van der Waals surface area contributed by atoms with E-state index in [0.717, 1.165) is 12.1 Å². The zero-order valence-corrected chi connectivity index (χ0v) is 18.3. The van der Waals surface area contributed by atoms with Crippen LogP contribution in [0.25, 0.3) is 16.7 Å². The lowest BCUT2D eigenvalue weighted by Crippen LogP contribution is -2.49. The van der Waals surface area contributed by atoms with Crippen LogP contribution in [0.2, 0.25) is 0 Å². The number of nitrogens with zero attached hydrogens (tertiary/aromatic N) is 3. The molecule has 3 aromatic rings. The van der Waals surface area contributed by atoms with Crippen LogP contribution in [0, 0.1) is 28.8 Å². The van der Waals surface area contributed by atoms with Gasteiger partial charge in [0.2, 0.25) is 5.91 Å². The molecule has 0 spiro atoms. The molecule has 3 heterocycles. The van der Waals surface area contributed by atoms with Crippen molar-refractivity contribution >= 4 is 28.5 Å². The maximum absolute atomic E-state index is 14.3. The smallest absolute Gasteiger partial charge is 0.227 e. The molecule has 33 heavy (non-hydrogen) atoms. The highest BCUT2D eigenvalue weighted by Gasteiger charge is 2.57. The molecule has 6 nitrogen and oxygen atoms in total. The number of hydrogen-bond acceptors (Lipinski definition) is 4. The second-order valence-electron chi connectivity index (χ2n) is 9.30. The molecule has 1 amide bonds. The van der Waals surface area contributed by atoms with Crippen LogP contribution in [-0.4, -0.2) is 27.1 Å². The second-order valence-corrected chi connectivity index (χ2v) is 9.30. The summed E-state index contributed by atoms with van der Waals surface area (Å²) in [6, 6.07) is 8.79. The van der Waals surface area contributed by atoms with Gasteiger partial charge in [0.05, 0.1) is 28.1 Å². The predicted octanol–water partition coefficient (Wildman–Crippen LogP) is 3.74. The predicted molar refractivity (Wildman–Crippen MR) is 119 cm³/mol. The standard InChI is InChI=1S/C24H22F3N5O/c1-23(2)20-21(28)29-18(11-24(20,3)30-22(23)33)32-17-7-5-4-6-12(17)16(31-32)10-13-14(25)8-9-15(26)19(13)27/h4-9,11,20H,10H2,1-3H3,(H2,28,29)(H,30,33). The number of nitrogens with one attached hydrogen (secondary N) is 1. The van der Waals surface area contributed by atoms with Gasteiger partial charge in [-0.25, -0.2) is 22.8 Å². The topological polar surface area (TPSA) is 85.3 Å². The van der Waals surface area contributed by atoms with Crippen molar-refractivity contribution in [2.75, 3.05) is 0 Å². The Kier molecular flexibility index (Phi) is 4.46. The van der Waals surface area contributed by atoms with E-state index in [0.29, 0.717) is 28.3 Å². The van der Waals surface area contributed by atoms with E-state index in [2.05, 4.69) is 15.4 Å². The fourth-order valence-electron chi connectivity index (χ4n) is 5.10. The van der Waals surface area contributed by atoms with Gasteiger partial charge in [0.25, 0.3) is 0 Å². The van der Waals surface area contributed by atoms with Crippen molar-refractivity contribution in [1.29, 1.82) is 0 Å². The lowest BCUT2D eigenvalue weighted by molar-refractivity contribution is -0.126. The van der Waals surface area contributed by atoms with Crippen molar-refractivity contribution < 1.29 is 18.0 Å². The van der Waals surface area contributed by atoms with Crippen molar-refractivity contribution in [3.63, 3.8) is 0 Å². The summed E-state index contributed by atoms with van der Waals surface area (Å²) in [6.07, 6.45) is 1.55. The SMILES string of the molecule is CC12C=C(n3nc(Cc4c(F)ccc(F)c4F)c4ccccc43)N=C(N)C1C(C)(C)C(=O)N2. The van der Waals surface area contributed by atoms with E-state index in [9.17, 15) is 18.0 Å². The fraction of sp³-hybridized carbons (Fsp3) is 0.292. The summed E-state index contributed by atoms with van der Waals surface area (Å²) in [4.78, 5) is 17.1. The van der Waals surface area contributed by atoms with Gasteiger partial charge >= 0.3 is 0 Å². The van der Waals surface area contributed by atoms with Gasteiger partial charge in [-0.05, 0) is 31.2 Å². The molecule has 1 saturated heterocycles. The van der Waals surface area contributed by atoms with Crippen LogP contribution in [0.15, 0.2) is 47.5 Å². The average molecular weight is 453 g/mol. The van der Waals surface area contributed by atoms with E-state index in [1.807, 2.05) is 20.8 Å². The minimum atomic E-state index is -1.24. The average Bonchev–Trinajstić information content (AvgIpc) is 3.20. The summed E-state index contributed by atoms with van der Waals surface area (Å²) in [5, 5.41) is 8.22. The molecular weight excluding hydrogens is 431 g/mol. The minimum absolute atomic E-state index is 0.131. The number of rotatable bonds is 3. The lowest BCUT2D eigenvalue weighted by atomic mass is 9.71. The zero-order chi connectivity index (χ0) is 23.7. The van der Waals surface area contributed by atoms with Gasteiger partial charge in [-0.3, -0.25) is 4.79 Å². The normalized spacial score (nSPS) is 23.8. The van der Waals surface area contributed by atoms with Gasteiger partial charge in [-0.15, -0.1) is 0 Å². The summed E-state index contributed by atoms with van der Waals surface area (Å²) >= 11 is 0. The Morgan fingerprint density at radius 3 is 2.55 bits per heavy atom. The number of para-hydroxylation sites is 1. The van der Waals surface area contributed by atoms with Crippen molar-refractivity contribution in [3.8, 4) is 0 Å². The molecule has 170 valence electrons. The van der Waals surface area contributed by atoms with Crippen LogP contribution in [0.4, 0.5) is 13.2 Å². The van der Waals surface area contributed by atoms with E-state index in [1.165, 1.54) is 4.68 Å². The van der Waals surface area contributed by atoms with Gasteiger partial charge < -0.3 is 11.1 Å². The van der Waals surface area contributed by atoms with Crippen LogP contribution in [-0.2, 0) is 11.2 Å². The third kappa shape index (κ3) is 3.06. The molecule has 2 aromatic carbocycles. The molecule has 2 unspecified atom stereocenters. The number of halogens is 3. The van der Waals surface area contributed by atoms with E-state index >= 15 is 0 Å².